The van der Waals surface area contributed by atoms with Crippen LogP contribution in [0.3, 0.4) is 0 Å². The molecule has 5 aromatic rings. The first-order chi connectivity index (χ1) is 23.5. The van der Waals surface area contributed by atoms with E-state index in [-0.39, 0.29) is 74.2 Å². The molecule has 0 bridgehead atoms. The zero-order chi connectivity index (χ0) is 34.6. The van der Waals surface area contributed by atoms with Gasteiger partial charge in [-0.2, -0.15) is 0 Å². The van der Waals surface area contributed by atoms with E-state index in [0.717, 1.165) is 0 Å². The summed E-state index contributed by atoms with van der Waals surface area (Å²) in [6.45, 7) is 0. The van der Waals surface area contributed by atoms with E-state index in [1.165, 1.54) is 87.0 Å². The van der Waals surface area contributed by atoms with Gasteiger partial charge < -0.3 is 14.8 Å². The molecule has 0 atom stereocenters. The van der Waals surface area contributed by atoms with Crippen LogP contribution >= 0.6 is 0 Å². The second-order valence-corrected chi connectivity index (χ2v) is 13.6. The first-order valence-electron chi connectivity index (χ1n) is 14.3. The van der Waals surface area contributed by atoms with Gasteiger partial charge in [0.25, 0.3) is 20.0 Å². The van der Waals surface area contributed by atoms with E-state index in [9.17, 15) is 21.6 Å². The summed E-state index contributed by atoms with van der Waals surface area (Å²) in [5.41, 5.74) is 2.52. The summed E-state index contributed by atoms with van der Waals surface area (Å²) < 4.78 is 66.2. The number of fused-ring (bicyclic) bond motifs is 1. The Morgan fingerprint density at radius 3 is 1.60 bits per heavy atom. The van der Waals surface area contributed by atoms with Crippen LogP contribution in [0.2, 0.25) is 0 Å². The molecule has 3 N–H and O–H groups in total. The van der Waals surface area contributed by atoms with E-state index in [0.29, 0.717) is 28.2 Å². The number of rotatable bonds is 11. The molecule has 1 radical (unpaired) electrons. The number of anilines is 3. The number of nitrogens with one attached hydrogen (secondary N) is 3. The van der Waals surface area contributed by atoms with Crippen molar-refractivity contribution in [1.82, 2.24) is 20.4 Å². The quantitative estimate of drug-likeness (QED) is 0.167. The summed E-state index contributed by atoms with van der Waals surface area (Å²) in [7, 11) is -5.11. The van der Waals surface area contributed by atoms with Gasteiger partial charge in [-0.25, -0.2) is 21.8 Å². The number of benzene rings is 3. The molecule has 0 saturated carbocycles. The molecule has 0 unspecified atom stereocenters. The molecule has 1 aliphatic rings. The molecule has 2 aromatic heterocycles. The fourth-order valence-electron chi connectivity index (χ4n) is 4.59. The molecular weight excluding hydrogens is 696 g/mol. The van der Waals surface area contributed by atoms with Crippen molar-refractivity contribution in [3.63, 3.8) is 0 Å². The molecule has 3 aromatic carbocycles. The van der Waals surface area contributed by atoms with Gasteiger partial charge in [-0.05, 0) is 66.7 Å². The Bertz CT molecular complexity index is 2300. The number of carbonyl (C=O) groups is 1. The number of allylic oxidation sites excluding steroid dienone is 2. The van der Waals surface area contributed by atoms with Gasteiger partial charge in [0, 0.05) is 58.5 Å². The first-order valence-corrected chi connectivity index (χ1v) is 17.2. The third-order valence-electron chi connectivity index (χ3n) is 6.99. The Morgan fingerprint density at radius 2 is 1.12 bits per heavy atom. The minimum atomic E-state index is -3.98. The van der Waals surface area contributed by atoms with E-state index in [1.807, 2.05) is 0 Å². The van der Waals surface area contributed by atoms with Crippen LogP contribution in [0, 0.1) is 0 Å². The predicted molar refractivity (Wildman–Crippen MR) is 186 cm³/mol. The van der Waals surface area contributed by atoms with Gasteiger partial charge in [0.15, 0.2) is 11.6 Å². The summed E-state index contributed by atoms with van der Waals surface area (Å²) in [6.07, 6.45) is 1.58. The SMILES string of the molecule is COc1ccc(NS(=O)(=O)c2ccc(N=C3C=C(Nc4ccc(S(=O)(=O)Nc5ccc(OC)nn5)cc4)C(=O)c4ccccc43)cc2)nn1.[Na]. The Balaban J connectivity index is 0.00000486. The van der Waals surface area contributed by atoms with Crippen molar-refractivity contribution in [2.45, 2.75) is 9.79 Å². The van der Waals surface area contributed by atoms with Gasteiger partial charge in [-0.3, -0.25) is 14.2 Å². The number of aromatic nitrogens is 4. The van der Waals surface area contributed by atoms with Gasteiger partial charge in [0.05, 0.1) is 41.1 Å². The van der Waals surface area contributed by atoms with Gasteiger partial charge in [0.2, 0.25) is 17.5 Å². The number of hydrogen-bond donors (Lipinski definition) is 3. The maximum absolute atomic E-state index is 13.4. The monoisotopic (exact) mass is 721 g/mol. The van der Waals surface area contributed by atoms with Crippen LogP contribution < -0.4 is 24.2 Å². The maximum atomic E-state index is 13.4. The van der Waals surface area contributed by atoms with Crippen molar-refractivity contribution in [1.29, 1.82) is 0 Å². The molecule has 0 fully saturated rings. The third kappa shape index (κ3) is 8.15. The van der Waals surface area contributed by atoms with Gasteiger partial charge in [0.1, 0.15) is 0 Å². The van der Waals surface area contributed by atoms with Crippen LogP contribution in [0.15, 0.2) is 124 Å². The molecule has 0 saturated heterocycles. The zero-order valence-corrected chi connectivity index (χ0v) is 30.4. The van der Waals surface area contributed by atoms with E-state index < -0.39 is 20.0 Å². The molecule has 1 aliphatic carbocycles. The first kappa shape index (κ1) is 36.1. The number of hydrogen-bond acceptors (Lipinski definition) is 13. The zero-order valence-electron chi connectivity index (χ0n) is 26.7. The van der Waals surface area contributed by atoms with Crippen LogP contribution in [0.4, 0.5) is 23.0 Å². The van der Waals surface area contributed by atoms with Crippen LogP contribution in [0.1, 0.15) is 15.9 Å². The fraction of sp³-hybridized carbons (Fsp3) is 0.0625. The summed E-state index contributed by atoms with van der Waals surface area (Å²) in [6, 6.07) is 24.4. The van der Waals surface area contributed by atoms with Crippen LogP contribution in [0.25, 0.3) is 0 Å². The molecule has 0 amide bonds. The standard InChI is InChI=1S/C32H26N8O7S2.Na/c1-46-30-17-15-28(35-37-30)39-48(42,43)22-11-7-20(8-12-22)33-26-19-27(32(41)25-6-4-3-5-24(25)26)34-21-9-13-23(14-10-21)49(44,45)40-29-16-18-31(47-2)38-36-29;/h3-19,34H,1-2H3,(H,35,39)(H,36,40);. The van der Waals surface area contributed by atoms with Crippen molar-refractivity contribution < 1.29 is 31.1 Å². The van der Waals surface area contributed by atoms with E-state index in [1.54, 1.807) is 30.3 Å². The number of sulfonamides is 2. The second-order valence-electron chi connectivity index (χ2n) is 10.2. The fourth-order valence-corrected chi connectivity index (χ4v) is 6.58. The minimum absolute atomic E-state index is 0. The molecule has 6 rings (SSSR count). The molecule has 15 nitrogen and oxygen atoms in total. The van der Waals surface area contributed by atoms with Gasteiger partial charge in [-0.15, -0.1) is 20.4 Å². The van der Waals surface area contributed by atoms with Crippen molar-refractivity contribution in [3.05, 3.63) is 120 Å². The molecule has 249 valence electrons. The summed E-state index contributed by atoms with van der Waals surface area (Å²) >= 11 is 0. The van der Waals surface area contributed by atoms with E-state index in [2.05, 4.69) is 35.2 Å². The molecule has 50 heavy (non-hydrogen) atoms. The normalized spacial score (nSPS) is 13.4. The largest absolute Gasteiger partial charge is 0.480 e. The van der Waals surface area contributed by atoms with Gasteiger partial charge >= 0.3 is 0 Å². The Hall–Kier alpha value is -5.20. The van der Waals surface area contributed by atoms with E-state index in [4.69, 9.17) is 14.5 Å². The molecule has 0 aliphatic heterocycles. The summed E-state index contributed by atoms with van der Waals surface area (Å²) in [5.74, 6) is 0.223. The van der Waals surface area contributed by atoms with Crippen molar-refractivity contribution >= 4 is 84.1 Å². The molecular formula is C32H26N8NaO7S2. The van der Waals surface area contributed by atoms with Gasteiger partial charge in [-0.1, -0.05) is 24.3 Å². The number of methoxy groups -OCH3 is 2. The average Bonchev–Trinajstić information content (AvgIpc) is 3.11. The van der Waals surface area contributed by atoms with Crippen molar-refractivity contribution in [2.24, 2.45) is 4.99 Å². The Morgan fingerprint density at radius 1 is 0.620 bits per heavy atom. The summed E-state index contributed by atoms with van der Waals surface area (Å²) in [4.78, 5) is 18.1. The topological polar surface area (TPSA) is 204 Å². The van der Waals surface area contributed by atoms with Crippen LogP contribution in [-0.2, 0) is 20.0 Å². The smallest absolute Gasteiger partial charge is 0.263 e. The molecule has 2 heterocycles. The number of ketones is 1. The third-order valence-corrected chi connectivity index (χ3v) is 9.73. The van der Waals surface area contributed by atoms with Crippen LogP contribution in [-0.4, -0.2) is 92.5 Å². The molecule has 18 heteroatoms. The Labute approximate surface area is 309 Å². The average molecular weight is 722 g/mol. The number of nitrogens with zero attached hydrogens (tertiary/aromatic N) is 5. The summed E-state index contributed by atoms with van der Waals surface area (Å²) in [5, 5.41) is 18.1. The number of aliphatic imine (C=N–C) groups is 1. The van der Waals surface area contributed by atoms with Crippen LogP contribution in [0.5, 0.6) is 11.8 Å². The number of Topliss-reactive ketones (excluding diaryl/α,β-unsaturated/α-hetero) is 1. The van der Waals surface area contributed by atoms with E-state index >= 15 is 0 Å². The number of ether oxygens (including phenoxy) is 2. The maximum Gasteiger partial charge on any atom is 0.263 e. The van der Waals surface area contributed by atoms with Crippen molar-refractivity contribution in [2.75, 3.05) is 29.0 Å². The Kier molecular flexibility index (Phi) is 10.9. The predicted octanol–water partition coefficient (Wildman–Crippen LogP) is 3.82. The second kappa shape index (κ2) is 15.1. The minimum Gasteiger partial charge on any atom is -0.480 e. The van der Waals surface area contributed by atoms with Crippen molar-refractivity contribution in [3.8, 4) is 11.8 Å². The number of carbonyl (C=O) groups excluding carboxylic acids is 1. The molecule has 0 spiro atoms.